The minimum atomic E-state index is 0.533. The first-order chi connectivity index (χ1) is 9.10. The standard InChI is InChI=1S/C16H16N2S/c1-11(2)13-6-8-15(9-7-13)19-16-14(10-17)5-4-12(3)18-16/h4-9,11H,1-3H3. The summed E-state index contributed by atoms with van der Waals surface area (Å²) >= 11 is 1.54. The summed E-state index contributed by atoms with van der Waals surface area (Å²) in [5.41, 5.74) is 2.88. The lowest BCUT2D eigenvalue weighted by Crippen LogP contribution is -1.90. The van der Waals surface area contributed by atoms with Crippen molar-refractivity contribution in [3.63, 3.8) is 0 Å². The summed E-state index contributed by atoms with van der Waals surface area (Å²) in [4.78, 5) is 5.55. The molecule has 0 unspecified atom stereocenters. The number of pyridine rings is 1. The van der Waals surface area contributed by atoms with E-state index in [1.807, 2.05) is 19.1 Å². The normalized spacial score (nSPS) is 10.5. The van der Waals surface area contributed by atoms with E-state index in [0.29, 0.717) is 11.5 Å². The topological polar surface area (TPSA) is 36.7 Å². The van der Waals surface area contributed by atoms with Crippen LogP contribution in [-0.4, -0.2) is 4.98 Å². The Hall–Kier alpha value is -1.79. The molecule has 0 aliphatic rings. The third-order valence-corrected chi connectivity index (χ3v) is 3.89. The van der Waals surface area contributed by atoms with Gasteiger partial charge in [-0.1, -0.05) is 37.7 Å². The summed E-state index contributed by atoms with van der Waals surface area (Å²) < 4.78 is 0. The molecular formula is C16H16N2S. The van der Waals surface area contributed by atoms with E-state index in [1.54, 1.807) is 0 Å². The molecule has 1 aromatic heterocycles. The summed E-state index contributed by atoms with van der Waals surface area (Å²) in [6.45, 7) is 6.29. The van der Waals surface area contributed by atoms with Crippen LogP contribution in [0.4, 0.5) is 0 Å². The predicted octanol–water partition coefficient (Wildman–Crippen LogP) is 4.54. The molecule has 0 amide bonds. The molecule has 19 heavy (non-hydrogen) atoms. The molecule has 2 nitrogen and oxygen atoms in total. The van der Waals surface area contributed by atoms with Crippen LogP contribution in [0.15, 0.2) is 46.3 Å². The van der Waals surface area contributed by atoms with Gasteiger partial charge in [-0.2, -0.15) is 5.26 Å². The Labute approximate surface area is 118 Å². The Morgan fingerprint density at radius 1 is 1.11 bits per heavy atom. The van der Waals surface area contributed by atoms with Crippen LogP contribution in [0.1, 0.15) is 36.6 Å². The van der Waals surface area contributed by atoms with Crippen molar-refractivity contribution in [3.8, 4) is 6.07 Å². The summed E-state index contributed by atoms with van der Waals surface area (Å²) in [6.07, 6.45) is 0. The fourth-order valence-electron chi connectivity index (χ4n) is 1.73. The minimum Gasteiger partial charge on any atom is -0.245 e. The van der Waals surface area contributed by atoms with Crippen molar-refractivity contribution >= 4 is 11.8 Å². The third-order valence-electron chi connectivity index (χ3n) is 2.88. The number of aromatic nitrogens is 1. The maximum atomic E-state index is 9.10. The van der Waals surface area contributed by atoms with Gasteiger partial charge in [-0.05, 0) is 42.7 Å². The van der Waals surface area contributed by atoms with Crippen LogP contribution in [0.5, 0.6) is 0 Å². The average Bonchev–Trinajstić information content (AvgIpc) is 2.39. The maximum Gasteiger partial charge on any atom is 0.119 e. The van der Waals surface area contributed by atoms with Crippen molar-refractivity contribution in [3.05, 3.63) is 53.2 Å². The van der Waals surface area contributed by atoms with Crippen molar-refractivity contribution in [2.45, 2.75) is 36.6 Å². The van der Waals surface area contributed by atoms with Gasteiger partial charge in [0, 0.05) is 10.6 Å². The van der Waals surface area contributed by atoms with Crippen LogP contribution in [0, 0.1) is 18.3 Å². The smallest absolute Gasteiger partial charge is 0.119 e. The van der Waals surface area contributed by atoms with Gasteiger partial charge in [-0.3, -0.25) is 0 Å². The lowest BCUT2D eigenvalue weighted by molar-refractivity contribution is 0.865. The molecule has 1 aromatic carbocycles. The van der Waals surface area contributed by atoms with Gasteiger partial charge in [0.1, 0.15) is 11.1 Å². The molecule has 2 aromatic rings. The van der Waals surface area contributed by atoms with Gasteiger partial charge < -0.3 is 0 Å². The van der Waals surface area contributed by atoms with E-state index in [1.165, 1.54) is 17.3 Å². The molecule has 2 rings (SSSR count). The summed E-state index contributed by atoms with van der Waals surface area (Å²) in [7, 11) is 0. The Morgan fingerprint density at radius 2 is 1.79 bits per heavy atom. The van der Waals surface area contributed by atoms with Gasteiger partial charge >= 0.3 is 0 Å². The second-order valence-electron chi connectivity index (χ2n) is 4.74. The van der Waals surface area contributed by atoms with Gasteiger partial charge in [0.05, 0.1) is 5.56 Å². The minimum absolute atomic E-state index is 0.533. The van der Waals surface area contributed by atoms with E-state index in [-0.39, 0.29) is 0 Å². The van der Waals surface area contributed by atoms with Gasteiger partial charge in [-0.25, -0.2) is 4.98 Å². The lowest BCUT2D eigenvalue weighted by atomic mass is 10.0. The monoisotopic (exact) mass is 268 g/mol. The molecule has 0 N–H and O–H groups in total. The first-order valence-corrected chi connectivity index (χ1v) is 7.07. The van der Waals surface area contributed by atoms with Crippen LogP contribution in [-0.2, 0) is 0 Å². The molecule has 0 radical (unpaired) electrons. The number of nitrogens with zero attached hydrogens (tertiary/aromatic N) is 2. The largest absolute Gasteiger partial charge is 0.245 e. The average molecular weight is 268 g/mol. The first kappa shape index (κ1) is 13.6. The lowest BCUT2D eigenvalue weighted by Gasteiger charge is -2.07. The maximum absolute atomic E-state index is 9.10. The molecule has 96 valence electrons. The van der Waals surface area contributed by atoms with Crippen molar-refractivity contribution < 1.29 is 0 Å². The number of benzene rings is 1. The molecule has 0 fully saturated rings. The van der Waals surface area contributed by atoms with E-state index < -0.39 is 0 Å². The second-order valence-corrected chi connectivity index (χ2v) is 5.81. The van der Waals surface area contributed by atoms with Crippen molar-refractivity contribution in [1.29, 1.82) is 5.26 Å². The predicted molar refractivity (Wildman–Crippen MR) is 78.3 cm³/mol. The number of rotatable bonds is 3. The SMILES string of the molecule is Cc1ccc(C#N)c(Sc2ccc(C(C)C)cc2)n1. The fourth-order valence-corrected chi connectivity index (χ4v) is 2.64. The van der Waals surface area contributed by atoms with Crippen molar-refractivity contribution in [2.75, 3.05) is 0 Å². The highest BCUT2D eigenvalue weighted by atomic mass is 32.2. The van der Waals surface area contributed by atoms with Gasteiger partial charge in [-0.15, -0.1) is 0 Å². The van der Waals surface area contributed by atoms with Gasteiger partial charge in [0.2, 0.25) is 0 Å². The Bertz CT molecular complexity index is 610. The molecule has 0 atom stereocenters. The van der Waals surface area contributed by atoms with Crippen LogP contribution in [0.2, 0.25) is 0 Å². The van der Waals surface area contributed by atoms with Gasteiger partial charge in [0.25, 0.3) is 0 Å². The molecule has 0 spiro atoms. The molecule has 0 aliphatic carbocycles. The molecule has 0 bridgehead atoms. The quantitative estimate of drug-likeness (QED) is 0.820. The van der Waals surface area contributed by atoms with E-state index in [2.05, 4.69) is 49.2 Å². The van der Waals surface area contributed by atoms with Crippen LogP contribution in [0.25, 0.3) is 0 Å². The highest BCUT2D eigenvalue weighted by molar-refractivity contribution is 7.99. The van der Waals surface area contributed by atoms with Crippen LogP contribution in [0.3, 0.4) is 0 Å². The number of nitriles is 1. The summed E-state index contributed by atoms with van der Waals surface area (Å²) in [5, 5.41) is 9.88. The highest BCUT2D eigenvalue weighted by Gasteiger charge is 2.07. The Balaban J connectivity index is 2.26. The van der Waals surface area contributed by atoms with E-state index in [0.717, 1.165) is 15.6 Å². The second kappa shape index (κ2) is 5.90. The van der Waals surface area contributed by atoms with Crippen LogP contribution < -0.4 is 0 Å². The molecule has 1 heterocycles. The van der Waals surface area contributed by atoms with E-state index in [4.69, 9.17) is 5.26 Å². The Morgan fingerprint density at radius 3 is 2.37 bits per heavy atom. The zero-order valence-electron chi connectivity index (χ0n) is 11.3. The van der Waals surface area contributed by atoms with Crippen molar-refractivity contribution in [1.82, 2.24) is 4.98 Å². The molecule has 3 heteroatoms. The zero-order valence-corrected chi connectivity index (χ0v) is 12.2. The van der Waals surface area contributed by atoms with E-state index in [9.17, 15) is 0 Å². The number of hydrogen-bond acceptors (Lipinski definition) is 3. The fraction of sp³-hybridized carbons (Fsp3) is 0.250. The number of hydrogen-bond donors (Lipinski definition) is 0. The molecular weight excluding hydrogens is 252 g/mol. The van der Waals surface area contributed by atoms with Crippen molar-refractivity contribution in [2.24, 2.45) is 0 Å². The molecule has 0 aliphatic heterocycles. The highest BCUT2D eigenvalue weighted by Crippen LogP contribution is 2.29. The molecule has 0 saturated heterocycles. The van der Waals surface area contributed by atoms with Crippen LogP contribution >= 0.6 is 11.8 Å². The third kappa shape index (κ3) is 3.36. The first-order valence-electron chi connectivity index (χ1n) is 6.25. The van der Waals surface area contributed by atoms with E-state index >= 15 is 0 Å². The van der Waals surface area contributed by atoms with Gasteiger partial charge in [0.15, 0.2) is 0 Å². The zero-order chi connectivity index (χ0) is 13.8. The molecule has 0 saturated carbocycles. The number of aryl methyl sites for hydroxylation is 1. The summed E-state index contributed by atoms with van der Waals surface area (Å²) in [5.74, 6) is 0.533. The summed E-state index contributed by atoms with van der Waals surface area (Å²) in [6, 6.07) is 14.3. The Kier molecular flexibility index (Phi) is 4.24.